The predicted molar refractivity (Wildman–Crippen MR) is 51.6 cm³/mol. The van der Waals surface area contributed by atoms with Crippen LogP contribution in [-0.4, -0.2) is 11.8 Å². The molecule has 1 N–H and O–H groups in total. The lowest BCUT2D eigenvalue weighted by Gasteiger charge is -2.18. The molecule has 14 heavy (non-hydrogen) atoms. The van der Waals surface area contributed by atoms with E-state index in [-0.39, 0.29) is 18.3 Å². The van der Waals surface area contributed by atoms with Crippen molar-refractivity contribution >= 4 is 6.71 Å². The molecule has 1 aliphatic rings. The Morgan fingerprint density at radius 3 is 2.93 bits per heavy atom. The van der Waals surface area contributed by atoms with Crippen molar-refractivity contribution < 1.29 is 9.50 Å². The molecule has 0 unspecified atom stereocenters. The van der Waals surface area contributed by atoms with Crippen LogP contribution in [0, 0.1) is 17.0 Å². The van der Waals surface area contributed by atoms with Gasteiger partial charge in [-0.3, -0.25) is 0 Å². The fraction of sp³-hybridized carbons (Fsp3) is 0.300. The number of aromatic hydroxyl groups is 1. The molecule has 0 atom stereocenters. The molecule has 1 heterocycles. The topological polar surface area (TPSA) is 44.0 Å². The third-order valence-corrected chi connectivity index (χ3v) is 2.73. The summed E-state index contributed by atoms with van der Waals surface area (Å²) in [6.07, 6.45) is 1.70. The summed E-state index contributed by atoms with van der Waals surface area (Å²) in [6.45, 7) is -0.0878. The molecule has 0 spiro atoms. The second-order valence-electron chi connectivity index (χ2n) is 3.59. The van der Waals surface area contributed by atoms with Gasteiger partial charge in [0.15, 0.2) is 0 Å². The van der Waals surface area contributed by atoms with E-state index in [9.17, 15) is 9.50 Å². The lowest BCUT2D eigenvalue weighted by atomic mass is 9.42. The van der Waals surface area contributed by atoms with E-state index in [1.807, 2.05) is 0 Å². The second-order valence-corrected chi connectivity index (χ2v) is 3.59. The van der Waals surface area contributed by atoms with Crippen molar-refractivity contribution in [2.24, 2.45) is 0 Å². The molecule has 2 rings (SSSR count). The van der Waals surface area contributed by atoms with Gasteiger partial charge in [-0.15, -0.1) is 0 Å². The van der Waals surface area contributed by atoms with Crippen LogP contribution in [0.15, 0.2) is 12.1 Å². The van der Waals surface area contributed by atoms with Crippen LogP contribution < -0.4 is 0 Å². The number of hydrogen-bond donors (Lipinski definition) is 1. The Morgan fingerprint density at radius 2 is 2.21 bits per heavy atom. The highest BCUT2D eigenvalue weighted by Crippen LogP contribution is 2.30. The Morgan fingerprint density at radius 1 is 1.43 bits per heavy atom. The van der Waals surface area contributed by atoms with Crippen LogP contribution in [0.3, 0.4) is 0 Å². The first kappa shape index (κ1) is 9.08. The van der Waals surface area contributed by atoms with Crippen molar-refractivity contribution in [1.29, 1.82) is 5.26 Å². The molecule has 0 radical (unpaired) electrons. The van der Waals surface area contributed by atoms with E-state index in [4.69, 9.17) is 5.26 Å². The first-order chi connectivity index (χ1) is 6.72. The van der Waals surface area contributed by atoms with Crippen LogP contribution in [0.1, 0.15) is 11.1 Å². The molecule has 1 aromatic rings. The Hall–Kier alpha value is -1.50. The van der Waals surface area contributed by atoms with Crippen LogP contribution >= 0.6 is 0 Å². The third kappa shape index (κ3) is 1.35. The SMILES string of the molecule is N#CB1CCc2c(F)ccc(O)c2C1. The fourth-order valence-corrected chi connectivity index (χ4v) is 1.93. The van der Waals surface area contributed by atoms with Gasteiger partial charge in [0, 0.05) is 5.97 Å². The summed E-state index contributed by atoms with van der Waals surface area (Å²) in [5, 5.41) is 18.3. The molecule has 0 aromatic heterocycles. The molecule has 0 bridgehead atoms. The highest BCUT2D eigenvalue weighted by molar-refractivity contribution is 6.66. The molecule has 1 aliphatic heterocycles. The summed E-state index contributed by atoms with van der Waals surface area (Å²) in [7, 11) is 0. The second kappa shape index (κ2) is 3.34. The maximum Gasteiger partial charge on any atom is 0.272 e. The smallest absolute Gasteiger partial charge is 0.272 e. The average molecular weight is 189 g/mol. The first-order valence-electron chi connectivity index (χ1n) is 4.61. The van der Waals surface area contributed by atoms with E-state index in [0.717, 1.165) is 0 Å². The van der Waals surface area contributed by atoms with Crippen LogP contribution in [0.25, 0.3) is 0 Å². The van der Waals surface area contributed by atoms with Gasteiger partial charge in [-0.25, -0.2) is 9.65 Å². The zero-order valence-electron chi connectivity index (χ0n) is 7.63. The third-order valence-electron chi connectivity index (χ3n) is 2.73. The van der Waals surface area contributed by atoms with Crippen molar-refractivity contribution in [3.05, 3.63) is 29.1 Å². The zero-order chi connectivity index (χ0) is 10.1. The van der Waals surface area contributed by atoms with Gasteiger partial charge in [0.2, 0.25) is 0 Å². The Kier molecular flexibility index (Phi) is 2.16. The number of rotatable bonds is 0. The van der Waals surface area contributed by atoms with Gasteiger partial charge in [0.25, 0.3) is 6.71 Å². The molecule has 0 fully saturated rings. The minimum atomic E-state index is -0.269. The van der Waals surface area contributed by atoms with Gasteiger partial charge in [-0.05, 0) is 36.0 Å². The Bertz CT molecular complexity index is 413. The Balaban J connectivity index is 2.46. The number of halogens is 1. The van der Waals surface area contributed by atoms with Gasteiger partial charge < -0.3 is 5.11 Å². The number of phenolic OH excluding ortho intramolecular Hbond substituents is 1. The molecule has 4 heteroatoms. The number of nitriles is 1. The summed E-state index contributed by atoms with van der Waals surface area (Å²) in [6, 6.07) is 2.63. The van der Waals surface area contributed by atoms with Crippen LogP contribution in [0.2, 0.25) is 6.32 Å². The highest BCUT2D eigenvalue weighted by Gasteiger charge is 2.26. The molecule has 2 nitrogen and oxygen atoms in total. The molecule has 70 valence electrons. The number of nitrogens with zero attached hydrogens (tertiary/aromatic N) is 1. The largest absolute Gasteiger partial charge is 0.508 e. The van der Waals surface area contributed by atoms with Crippen molar-refractivity contribution in [2.45, 2.75) is 19.1 Å². The standard InChI is InChI=1S/C10H9BFNO/c12-9-1-2-10(14)8-5-11(6-13)4-3-7(8)9/h1-2,14H,3-5H2. The normalized spacial score (nSPS) is 14.7. The average Bonchev–Trinajstić information content (AvgIpc) is 2.23. The first-order valence-corrected chi connectivity index (χ1v) is 4.61. The number of hydrogen-bond acceptors (Lipinski definition) is 2. The van der Waals surface area contributed by atoms with E-state index < -0.39 is 0 Å². The van der Waals surface area contributed by atoms with Gasteiger partial charge in [-0.1, -0.05) is 6.32 Å². The molecular weight excluding hydrogens is 180 g/mol. The lowest BCUT2D eigenvalue weighted by Crippen LogP contribution is -2.22. The van der Waals surface area contributed by atoms with E-state index in [1.165, 1.54) is 12.1 Å². The van der Waals surface area contributed by atoms with E-state index in [2.05, 4.69) is 5.97 Å². The van der Waals surface area contributed by atoms with E-state index in [1.54, 1.807) is 0 Å². The number of phenols is 1. The monoisotopic (exact) mass is 189 g/mol. The summed E-state index contributed by atoms with van der Waals surface area (Å²) >= 11 is 0. The molecule has 0 saturated heterocycles. The lowest BCUT2D eigenvalue weighted by molar-refractivity contribution is 0.465. The van der Waals surface area contributed by atoms with E-state index >= 15 is 0 Å². The van der Waals surface area contributed by atoms with Crippen LogP contribution in [0.4, 0.5) is 4.39 Å². The van der Waals surface area contributed by atoms with Crippen LogP contribution in [-0.2, 0) is 12.7 Å². The molecule has 0 amide bonds. The van der Waals surface area contributed by atoms with Crippen molar-refractivity contribution in [1.82, 2.24) is 0 Å². The van der Waals surface area contributed by atoms with E-state index in [0.29, 0.717) is 30.2 Å². The highest BCUT2D eigenvalue weighted by atomic mass is 19.1. The van der Waals surface area contributed by atoms with Crippen molar-refractivity contribution in [3.8, 4) is 11.7 Å². The predicted octanol–water partition coefficient (Wildman–Crippen LogP) is 1.73. The summed E-state index contributed by atoms with van der Waals surface area (Å²) < 4.78 is 13.3. The zero-order valence-corrected chi connectivity index (χ0v) is 7.63. The molecule has 0 saturated carbocycles. The molecular formula is C10H9BFNO. The van der Waals surface area contributed by atoms with Gasteiger partial charge in [0.05, 0.1) is 0 Å². The van der Waals surface area contributed by atoms with Crippen LogP contribution in [0.5, 0.6) is 5.75 Å². The maximum absolute atomic E-state index is 13.3. The molecule has 0 aliphatic carbocycles. The minimum absolute atomic E-state index is 0.0878. The Labute approximate surface area is 82.1 Å². The maximum atomic E-state index is 13.3. The van der Waals surface area contributed by atoms with Gasteiger partial charge in [-0.2, -0.15) is 0 Å². The molecule has 1 aromatic carbocycles. The quantitative estimate of drug-likeness (QED) is 0.631. The van der Waals surface area contributed by atoms with Gasteiger partial charge in [0.1, 0.15) is 11.6 Å². The minimum Gasteiger partial charge on any atom is -0.508 e. The van der Waals surface area contributed by atoms with Crippen molar-refractivity contribution in [3.63, 3.8) is 0 Å². The van der Waals surface area contributed by atoms with Gasteiger partial charge >= 0.3 is 0 Å². The summed E-state index contributed by atoms with van der Waals surface area (Å²) in [5.74, 6) is 2.00. The fourth-order valence-electron chi connectivity index (χ4n) is 1.93. The number of fused-ring (bicyclic) bond motifs is 1. The number of benzene rings is 1. The van der Waals surface area contributed by atoms with Crippen molar-refractivity contribution in [2.75, 3.05) is 0 Å². The summed E-state index contributed by atoms with van der Waals surface area (Å²) in [5.41, 5.74) is 1.19. The summed E-state index contributed by atoms with van der Waals surface area (Å²) in [4.78, 5) is 0.